The third-order valence-electron chi connectivity index (χ3n) is 3.56. The van der Waals surface area contributed by atoms with Crippen molar-refractivity contribution in [2.75, 3.05) is 0 Å². The lowest BCUT2D eigenvalue weighted by Crippen LogP contribution is -2.17. The van der Waals surface area contributed by atoms with Crippen molar-refractivity contribution >= 4 is 0 Å². The summed E-state index contributed by atoms with van der Waals surface area (Å²) in [4.78, 5) is 12.5. The van der Waals surface area contributed by atoms with Crippen LogP contribution in [0, 0.1) is 6.92 Å². The van der Waals surface area contributed by atoms with E-state index in [-0.39, 0.29) is 5.56 Å². The van der Waals surface area contributed by atoms with E-state index >= 15 is 0 Å². The Morgan fingerprint density at radius 1 is 1.21 bits per heavy atom. The van der Waals surface area contributed by atoms with E-state index in [4.69, 9.17) is 0 Å². The second-order valence-corrected chi connectivity index (χ2v) is 4.95. The Bertz CT molecular complexity index is 607. The van der Waals surface area contributed by atoms with E-state index in [1.807, 2.05) is 38.1 Å². The van der Waals surface area contributed by atoms with Gasteiger partial charge >= 0.3 is 0 Å². The van der Waals surface area contributed by atoms with E-state index in [9.17, 15) is 4.79 Å². The topological polar surface area (TPSA) is 37.8 Å². The van der Waals surface area contributed by atoms with Crippen molar-refractivity contribution in [1.82, 2.24) is 9.78 Å². The Morgan fingerprint density at radius 2 is 1.95 bits per heavy atom. The number of nitrogens with zero attached hydrogens (tertiary/aromatic N) is 1. The quantitative estimate of drug-likeness (QED) is 0.877. The number of hydrogen-bond donors (Lipinski definition) is 1. The maximum Gasteiger partial charge on any atom is 0.274 e. The van der Waals surface area contributed by atoms with E-state index in [2.05, 4.69) is 12.0 Å². The molecule has 2 aromatic rings. The fraction of sp³-hybridized carbons (Fsp3) is 0.438. The summed E-state index contributed by atoms with van der Waals surface area (Å²) in [5.41, 5.74) is 4.18. The van der Waals surface area contributed by atoms with Crippen LogP contribution in [0.25, 0.3) is 5.69 Å². The van der Waals surface area contributed by atoms with E-state index in [0.717, 1.165) is 48.2 Å². The molecule has 0 unspecified atom stereocenters. The average Bonchev–Trinajstić information content (AvgIpc) is 2.73. The van der Waals surface area contributed by atoms with Crippen LogP contribution in [0.4, 0.5) is 0 Å². The number of aromatic nitrogens is 2. The molecule has 3 heteroatoms. The number of aryl methyl sites for hydroxylation is 2. The fourth-order valence-electron chi connectivity index (χ4n) is 2.43. The van der Waals surface area contributed by atoms with Gasteiger partial charge in [-0.25, -0.2) is 4.68 Å². The van der Waals surface area contributed by atoms with Gasteiger partial charge in [0.1, 0.15) is 0 Å². The number of aromatic amines is 1. The Labute approximate surface area is 114 Å². The maximum absolute atomic E-state index is 12.5. The summed E-state index contributed by atoms with van der Waals surface area (Å²) in [5.74, 6) is 0. The number of benzene rings is 1. The van der Waals surface area contributed by atoms with Crippen molar-refractivity contribution in [3.63, 3.8) is 0 Å². The molecule has 102 valence electrons. The molecule has 0 radical (unpaired) electrons. The van der Waals surface area contributed by atoms with Crippen molar-refractivity contribution in [2.45, 2.75) is 46.5 Å². The Hall–Kier alpha value is -1.77. The highest BCUT2D eigenvalue weighted by molar-refractivity contribution is 5.40. The van der Waals surface area contributed by atoms with Crippen molar-refractivity contribution in [3.05, 3.63) is 51.4 Å². The minimum Gasteiger partial charge on any atom is -0.295 e. The van der Waals surface area contributed by atoms with E-state index in [1.54, 1.807) is 4.68 Å². The minimum absolute atomic E-state index is 0.0999. The summed E-state index contributed by atoms with van der Waals surface area (Å²) < 4.78 is 1.69. The second-order valence-electron chi connectivity index (χ2n) is 4.95. The Balaban J connectivity index is 2.50. The molecular formula is C16H22N2O. The molecule has 19 heavy (non-hydrogen) atoms. The molecule has 0 fully saturated rings. The van der Waals surface area contributed by atoms with Gasteiger partial charge in [0.15, 0.2) is 0 Å². The predicted octanol–water partition coefficient (Wildman–Crippen LogP) is 3.38. The van der Waals surface area contributed by atoms with Gasteiger partial charge in [0, 0.05) is 11.3 Å². The Kier molecular flexibility index (Phi) is 4.25. The molecule has 0 aliphatic heterocycles. The summed E-state index contributed by atoms with van der Waals surface area (Å²) in [6, 6.07) is 7.97. The van der Waals surface area contributed by atoms with Crippen LogP contribution in [0.1, 0.15) is 43.5 Å². The number of rotatable bonds is 5. The molecular weight excluding hydrogens is 236 g/mol. The van der Waals surface area contributed by atoms with E-state index in [0.29, 0.717) is 0 Å². The van der Waals surface area contributed by atoms with Crippen LogP contribution in [0.3, 0.4) is 0 Å². The first-order valence-electron chi connectivity index (χ1n) is 7.07. The number of para-hydroxylation sites is 1. The molecule has 0 saturated heterocycles. The van der Waals surface area contributed by atoms with Gasteiger partial charge in [0.05, 0.1) is 5.69 Å². The second kappa shape index (κ2) is 5.91. The lowest BCUT2D eigenvalue weighted by atomic mass is 10.1. The number of H-pyrrole nitrogens is 1. The number of hydrogen-bond acceptors (Lipinski definition) is 1. The van der Waals surface area contributed by atoms with Crippen LogP contribution >= 0.6 is 0 Å². The molecule has 0 spiro atoms. The lowest BCUT2D eigenvalue weighted by Gasteiger charge is -2.05. The SMILES string of the molecule is CCCCc1[nH]n(-c2ccccc2C)c(=O)c1CC. The zero-order valence-electron chi connectivity index (χ0n) is 12.0. The van der Waals surface area contributed by atoms with Gasteiger partial charge in [-0.3, -0.25) is 9.89 Å². The highest BCUT2D eigenvalue weighted by atomic mass is 16.1. The first-order valence-corrected chi connectivity index (χ1v) is 7.07. The molecule has 0 aliphatic carbocycles. The molecule has 1 N–H and O–H groups in total. The van der Waals surface area contributed by atoms with Crippen LogP contribution in [0.15, 0.2) is 29.1 Å². The molecule has 0 atom stereocenters. The molecule has 0 amide bonds. The number of unbranched alkanes of at least 4 members (excludes halogenated alkanes) is 1. The van der Waals surface area contributed by atoms with Crippen molar-refractivity contribution in [2.24, 2.45) is 0 Å². The standard InChI is InChI=1S/C16H22N2O/c1-4-6-10-14-13(5-2)16(19)18(17-14)15-11-8-7-9-12(15)3/h7-9,11,17H,4-6,10H2,1-3H3. The third kappa shape index (κ3) is 2.65. The fourth-order valence-corrected chi connectivity index (χ4v) is 2.43. The molecule has 2 rings (SSSR count). The first-order chi connectivity index (χ1) is 9.19. The maximum atomic E-state index is 12.5. The highest BCUT2D eigenvalue weighted by Gasteiger charge is 2.13. The molecule has 0 aliphatic rings. The molecule has 1 aromatic carbocycles. The van der Waals surface area contributed by atoms with Gasteiger partial charge in [0.25, 0.3) is 5.56 Å². The van der Waals surface area contributed by atoms with Gasteiger partial charge in [-0.05, 0) is 37.8 Å². The monoisotopic (exact) mass is 258 g/mol. The van der Waals surface area contributed by atoms with Crippen LogP contribution in [-0.2, 0) is 12.8 Å². The normalized spacial score (nSPS) is 10.9. The van der Waals surface area contributed by atoms with Crippen molar-refractivity contribution in [1.29, 1.82) is 0 Å². The lowest BCUT2D eigenvalue weighted by molar-refractivity contribution is 0.744. The summed E-state index contributed by atoms with van der Waals surface area (Å²) >= 11 is 0. The van der Waals surface area contributed by atoms with Crippen molar-refractivity contribution < 1.29 is 0 Å². The molecule has 1 aromatic heterocycles. The van der Waals surface area contributed by atoms with E-state index < -0.39 is 0 Å². The summed E-state index contributed by atoms with van der Waals surface area (Å²) in [7, 11) is 0. The minimum atomic E-state index is 0.0999. The van der Waals surface area contributed by atoms with Crippen LogP contribution in [0.2, 0.25) is 0 Å². The molecule has 0 saturated carbocycles. The van der Waals surface area contributed by atoms with Gasteiger partial charge < -0.3 is 0 Å². The van der Waals surface area contributed by atoms with Gasteiger partial charge in [0.2, 0.25) is 0 Å². The van der Waals surface area contributed by atoms with E-state index in [1.165, 1.54) is 0 Å². The Morgan fingerprint density at radius 3 is 2.58 bits per heavy atom. The zero-order chi connectivity index (χ0) is 13.8. The molecule has 1 heterocycles. The third-order valence-corrected chi connectivity index (χ3v) is 3.56. The zero-order valence-corrected chi connectivity index (χ0v) is 12.0. The first kappa shape index (κ1) is 13.7. The van der Waals surface area contributed by atoms with Crippen LogP contribution in [0.5, 0.6) is 0 Å². The van der Waals surface area contributed by atoms with Crippen LogP contribution in [-0.4, -0.2) is 9.78 Å². The summed E-state index contributed by atoms with van der Waals surface area (Å²) in [6.45, 7) is 6.24. The number of nitrogens with one attached hydrogen (secondary N) is 1. The molecule has 3 nitrogen and oxygen atoms in total. The van der Waals surface area contributed by atoms with Gasteiger partial charge in [-0.1, -0.05) is 38.5 Å². The predicted molar refractivity (Wildman–Crippen MR) is 79.1 cm³/mol. The smallest absolute Gasteiger partial charge is 0.274 e. The van der Waals surface area contributed by atoms with Crippen molar-refractivity contribution in [3.8, 4) is 5.69 Å². The summed E-state index contributed by atoms with van der Waals surface area (Å²) in [5, 5.41) is 3.30. The van der Waals surface area contributed by atoms with Crippen LogP contribution < -0.4 is 5.56 Å². The molecule has 0 bridgehead atoms. The average molecular weight is 258 g/mol. The van der Waals surface area contributed by atoms with Gasteiger partial charge in [-0.15, -0.1) is 0 Å². The van der Waals surface area contributed by atoms with Gasteiger partial charge in [-0.2, -0.15) is 0 Å². The largest absolute Gasteiger partial charge is 0.295 e. The summed E-state index contributed by atoms with van der Waals surface area (Å²) in [6.07, 6.45) is 3.99. The highest BCUT2D eigenvalue weighted by Crippen LogP contribution is 2.14.